The van der Waals surface area contributed by atoms with Crippen molar-refractivity contribution in [1.82, 2.24) is 0 Å². The first-order chi connectivity index (χ1) is 1.73. The Balaban J connectivity index is -0.0000000150. The Morgan fingerprint density at radius 3 is 1.29 bits per heavy atom. The van der Waals surface area contributed by atoms with E-state index in [1.807, 2.05) is 0 Å². The van der Waals surface area contributed by atoms with Crippen molar-refractivity contribution in [3.8, 4) is 0 Å². The van der Waals surface area contributed by atoms with Crippen LogP contribution in [0.1, 0.15) is 0 Å². The van der Waals surface area contributed by atoms with Crippen LogP contribution in [0.5, 0.6) is 0 Å². The summed E-state index contributed by atoms with van der Waals surface area (Å²) >= 11 is 0. The van der Waals surface area contributed by atoms with Gasteiger partial charge in [0, 0.05) is 0 Å². The predicted octanol–water partition coefficient (Wildman–Crippen LogP) is -6.00. The fourth-order valence-electron chi connectivity index (χ4n) is 0. The van der Waals surface area contributed by atoms with Crippen molar-refractivity contribution in [2.24, 2.45) is 0 Å². The van der Waals surface area contributed by atoms with E-state index in [2.05, 4.69) is 0 Å². The van der Waals surface area contributed by atoms with Gasteiger partial charge in [0.25, 0.3) is 0 Å². The fraction of sp³-hybridized carbons (Fsp3) is 0. The molecule has 0 aromatic carbocycles. The molecule has 0 aliphatic heterocycles. The molecule has 4 nitrogen and oxygen atoms in total. The molecule has 0 fully saturated rings. The van der Waals surface area contributed by atoms with Crippen LogP contribution in [0.25, 0.3) is 0 Å². The zero-order valence-electron chi connectivity index (χ0n) is 3.88. The van der Waals surface area contributed by atoms with Gasteiger partial charge in [0.2, 0.25) is 0 Å². The summed E-state index contributed by atoms with van der Waals surface area (Å²) in [6.07, 6.45) is -2.33. The molecule has 32 valence electrons. The van der Waals surface area contributed by atoms with Crippen LogP contribution in [0, 0.1) is 0 Å². The predicted molar refractivity (Wildman–Crippen MR) is 13.1 cm³/mol. The van der Waals surface area contributed by atoms with E-state index in [1.165, 1.54) is 0 Å². The molecular weight excluding hydrogens is 203 g/mol. The molecule has 0 bridgehead atoms. The molecular formula is CHKO4Sr. The monoisotopic (exact) mass is 204 g/mol. The summed E-state index contributed by atoms with van der Waals surface area (Å²) < 4.78 is 0. The number of carbonyl (C=O) groups excluding carboxylic acids is 1. The van der Waals surface area contributed by atoms with Gasteiger partial charge in [-0.1, -0.05) is 0 Å². The van der Waals surface area contributed by atoms with Crippen molar-refractivity contribution in [3.05, 3.63) is 0 Å². The summed E-state index contributed by atoms with van der Waals surface area (Å²) in [6, 6.07) is 0. The summed E-state index contributed by atoms with van der Waals surface area (Å²) in [4.78, 5) is 8.33. The van der Waals surface area contributed by atoms with Crippen LogP contribution in [-0.4, -0.2) is 57.1 Å². The van der Waals surface area contributed by atoms with E-state index < -0.39 is 6.16 Å². The van der Waals surface area contributed by atoms with Crippen LogP contribution in [-0.2, 0) is 0 Å². The first kappa shape index (κ1) is 22.8. The van der Waals surface area contributed by atoms with Crippen molar-refractivity contribution < 1.29 is 71.9 Å². The molecule has 0 atom stereocenters. The van der Waals surface area contributed by atoms with E-state index in [9.17, 15) is 0 Å². The van der Waals surface area contributed by atoms with Crippen LogP contribution < -0.4 is 61.6 Å². The van der Waals surface area contributed by atoms with Crippen molar-refractivity contribution in [2.45, 2.75) is 0 Å². The molecule has 0 unspecified atom stereocenters. The molecule has 0 aliphatic rings. The number of hydrogen-bond acceptors (Lipinski definition) is 4. The summed E-state index contributed by atoms with van der Waals surface area (Å²) in [5.41, 5.74) is 0. The molecule has 0 spiro atoms. The second kappa shape index (κ2) is 15.8. The Morgan fingerprint density at radius 1 is 1.29 bits per heavy atom. The minimum atomic E-state index is -2.33. The Morgan fingerprint density at radius 2 is 1.29 bits per heavy atom. The molecule has 7 heavy (non-hydrogen) atoms. The molecule has 0 aliphatic carbocycles. The van der Waals surface area contributed by atoms with Gasteiger partial charge in [-0.15, -0.1) is 0 Å². The third-order valence-corrected chi connectivity index (χ3v) is 0. The van der Waals surface area contributed by atoms with Crippen LogP contribution in [0.3, 0.4) is 0 Å². The third kappa shape index (κ3) is 61.0. The van der Waals surface area contributed by atoms with Crippen LogP contribution in [0.15, 0.2) is 0 Å². The van der Waals surface area contributed by atoms with Gasteiger partial charge in [-0.3, -0.25) is 0 Å². The maximum absolute atomic E-state index is 8.33. The largest absolute Gasteiger partial charge is 2.00 e. The average Bonchev–Trinajstić information content (AvgIpc) is 0.811. The standard InChI is InChI=1S/CH2O3.K.H2O.Sr/c2-1(3)4;;;/h(H2,2,3,4);;1H2;/q;+1;;+2/p-3. The Labute approximate surface area is 120 Å². The Hall–Kier alpha value is 2.35. The van der Waals surface area contributed by atoms with Gasteiger partial charge < -0.3 is 20.5 Å². The Bertz CT molecular complexity index is 34.7. The zero-order valence-corrected chi connectivity index (χ0v) is 10.5. The molecule has 0 saturated heterocycles. The minimum Gasteiger partial charge on any atom is -0.870 e. The fourth-order valence-corrected chi connectivity index (χ4v) is 0. The van der Waals surface area contributed by atoms with E-state index in [4.69, 9.17) is 15.0 Å². The van der Waals surface area contributed by atoms with Gasteiger partial charge in [0.15, 0.2) is 0 Å². The van der Waals surface area contributed by atoms with Gasteiger partial charge in [-0.2, -0.15) is 0 Å². The molecule has 1 N–H and O–H groups in total. The normalized spacial score (nSPS) is 3.43. The van der Waals surface area contributed by atoms with Crippen LogP contribution >= 0.6 is 0 Å². The van der Waals surface area contributed by atoms with Crippen molar-refractivity contribution in [1.29, 1.82) is 0 Å². The average molecular weight is 204 g/mol. The van der Waals surface area contributed by atoms with Gasteiger partial charge in [-0.05, 0) is 6.16 Å². The summed E-state index contributed by atoms with van der Waals surface area (Å²) in [5, 5.41) is 16.7. The SMILES string of the molecule is O=C([O-])[O-].[K+].[OH-].[Sr+2]. The van der Waals surface area contributed by atoms with E-state index in [0.717, 1.165) is 0 Å². The van der Waals surface area contributed by atoms with E-state index in [0.29, 0.717) is 0 Å². The summed E-state index contributed by atoms with van der Waals surface area (Å²) in [6.45, 7) is 0. The number of hydrogen-bond donors (Lipinski definition) is 0. The van der Waals surface area contributed by atoms with E-state index >= 15 is 0 Å². The van der Waals surface area contributed by atoms with Gasteiger partial charge >= 0.3 is 96.9 Å². The second-order valence-electron chi connectivity index (χ2n) is 0.250. The molecule has 0 aromatic heterocycles. The maximum Gasteiger partial charge on any atom is 2.00 e. The molecule has 0 rings (SSSR count). The van der Waals surface area contributed by atoms with E-state index in [1.54, 1.807) is 0 Å². The molecule has 0 radical (unpaired) electrons. The molecule has 6 heteroatoms. The smallest absolute Gasteiger partial charge is 0.870 e. The van der Waals surface area contributed by atoms with Gasteiger partial charge in [0.1, 0.15) is 0 Å². The van der Waals surface area contributed by atoms with E-state index in [-0.39, 0.29) is 102 Å². The third-order valence-electron chi connectivity index (χ3n) is 0. The van der Waals surface area contributed by atoms with Crippen molar-refractivity contribution in [3.63, 3.8) is 0 Å². The van der Waals surface area contributed by atoms with Crippen LogP contribution in [0.2, 0.25) is 0 Å². The quantitative estimate of drug-likeness (QED) is 0.367. The molecule has 0 amide bonds. The molecule has 0 aromatic rings. The first-order valence-corrected chi connectivity index (χ1v) is 0.612. The molecule has 0 saturated carbocycles. The first-order valence-electron chi connectivity index (χ1n) is 0.612. The maximum atomic E-state index is 8.33. The second-order valence-corrected chi connectivity index (χ2v) is 0.250. The van der Waals surface area contributed by atoms with Gasteiger partial charge in [-0.25, -0.2) is 0 Å². The number of carbonyl (C=O) groups is 1. The van der Waals surface area contributed by atoms with Crippen LogP contribution in [0.4, 0.5) is 4.79 Å². The summed E-state index contributed by atoms with van der Waals surface area (Å²) in [5.74, 6) is 0. The van der Waals surface area contributed by atoms with Crippen molar-refractivity contribution in [2.75, 3.05) is 0 Å². The Kier molecular flexibility index (Phi) is 51.3. The minimum absolute atomic E-state index is 0. The topological polar surface area (TPSA) is 93.2 Å². The molecule has 0 heterocycles. The number of rotatable bonds is 0. The number of carboxylic acid groups (broad SMARTS) is 2. The van der Waals surface area contributed by atoms with Crippen molar-refractivity contribution >= 4 is 51.6 Å². The van der Waals surface area contributed by atoms with Gasteiger partial charge in [0.05, 0.1) is 0 Å². The summed E-state index contributed by atoms with van der Waals surface area (Å²) in [7, 11) is 0. The zero-order chi connectivity index (χ0) is 3.58.